The third-order valence-corrected chi connectivity index (χ3v) is 9.45. The maximum absolute atomic E-state index is 13.8. The first-order valence-corrected chi connectivity index (χ1v) is 14.7. The summed E-state index contributed by atoms with van der Waals surface area (Å²) < 4.78 is 12.5. The van der Waals surface area contributed by atoms with Gasteiger partial charge in [-0.3, -0.25) is 14.5 Å². The molecule has 0 unspecified atom stereocenters. The monoisotopic (exact) mass is 554 g/mol. The number of benzene rings is 2. The first-order valence-electron chi connectivity index (χ1n) is 14.7. The van der Waals surface area contributed by atoms with Gasteiger partial charge in [0.1, 0.15) is 6.10 Å². The van der Waals surface area contributed by atoms with Crippen LogP contribution in [0.3, 0.4) is 0 Å². The predicted octanol–water partition coefficient (Wildman–Crippen LogP) is 3.86. The molecule has 0 radical (unpaired) electrons. The van der Waals surface area contributed by atoms with Crippen molar-refractivity contribution in [2.75, 3.05) is 19.6 Å². The summed E-state index contributed by atoms with van der Waals surface area (Å²) in [5.41, 5.74) is 1.04. The number of likely N-dealkylation sites (tertiary alicyclic amines) is 1. The van der Waals surface area contributed by atoms with E-state index in [-0.39, 0.29) is 23.9 Å². The molecule has 2 heterocycles. The summed E-state index contributed by atoms with van der Waals surface area (Å²) in [6.45, 7) is 11.5. The van der Waals surface area contributed by atoms with Gasteiger partial charge in [-0.25, -0.2) is 0 Å². The van der Waals surface area contributed by atoms with Crippen molar-refractivity contribution in [3.8, 4) is 23.3 Å². The van der Waals surface area contributed by atoms with Crippen LogP contribution in [0.25, 0.3) is 0 Å². The fourth-order valence-corrected chi connectivity index (χ4v) is 8.01. The molecule has 2 aliphatic heterocycles. The number of carbonyl (C=O) groups is 2. The molecule has 214 valence electrons. The molecule has 7 nitrogen and oxygen atoms in total. The molecular weight excluding hydrogens is 516 g/mol. The van der Waals surface area contributed by atoms with Crippen molar-refractivity contribution in [1.82, 2.24) is 9.80 Å². The van der Waals surface area contributed by atoms with Crippen molar-refractivity contribution < 1.29 is 24.2 Å². The molecule has 0 aromatic heterocycles. The number of hydrogen-bond donors (Lipinski definition) is 1. The lowest BCUT2D eigenvalue weighted by atomic mass is 9.48. The fourth-order valence-electron chi connectivity index (χ4n) is 8.01. The zero-order valence-corrected chi connectivity index (χ0v) is 24.1. The van der Waals surface area contributed by atoms with E-state index < -0.39 is 23.1 Å². The van der Waals surface area contributed by atoms with Crippen LogP contribution in [0.5, 0.6) is 11.5 Å². The van der Waals surface area contributed by atoms with Gasteiger partial charge in [-0.15, -0.1) is 6.58 Å². The van der Waals surface area contributed by atoms with Crippen LogP contribution in [0, 0.1) is 17.8 Å². The van der Waals surface area contributed by atoms with Gasteiger partial charge in [0.05, 0.1) is 17.1 Å². The van der Waals surface area contributed by atoms with Crippen LogP contribution >= 0.6 is 0 Å². The van der Waals surface area contributed by atoms with Crippen LogP contribution in [0.4, 0.5) is 0 Å². The molecule has 1 spiro atoms. The second kappa shape index (κ2) is 10.3. The smallest absolute Gasteiger partial charge is 0.308 e. The summed E-state index contributed by atoms with van der Waals surface area (Å²) in [6.07, 6.45) is 3.85. The Bertz CT molecular complexity index is 1440. The van der Waals surface area contributed by atoms with E-state index >= 15 is 0 Å². The van der Waals surface area contributed by atoms with Crippen molar-refractivity contribution >= 4 is 11.9 Å². The molecule has 2 aromatic carbocycles. The Morgan fingerprint density at radius 1 is 1.24 bits per heavy atom. The number of ether oxygens (including phenoxy) is 2. The molecule has 2 bridgehead atoms. The SMILES string of the molecule is C=CCN1CC[C@]23c4c5ccc(OC(C)=O)c4O[C@H]2[C@@H](N(CC(C)C)C(=O)C#Cc2ccccc2)CC[C@@]3(O)[C@H]1C5. The van der Waals surface area contributed by atoms with Gasteiger partial charge < -0.3 is 19.5 Å². The van der Waals surface area contributed by atoms with Crippen molar-refractivity contribution in [1.29, 1.82) is 0 Å². The molecule has 1 amide bonds. The lowest BCUT2D eigenvalue weighted by molar-refractivity contribution is -0.199. The van der Waals surface area contributed by atoms with Crippen molar-refractivity contribution in [2.24, 2.45) is 5.92 Å². The van der Waals surface area contributed by atoms with Gasteiger partial charge in [0.2, 0.25) is 0 Å². The van der Waals surface area contributed by atoms with Gasteiger partial charge in [-0.1, -0.05) is 50.1 Å². The van der Waals surface area contributed by atoms with E-state index in [9.17, 15) is 14.7 Å². The largest absolute Gasteiger partial charge is 0.483 e. The highest BCUT2D eigenvalue weighted by atomic mass is 16.6. The number of aliphatic hydroxyl groups is 1. The highest BCUT2D eigenvalue weighted by molar-refractivity contribution is 5.94. The Labute approximate surface area is 242 Å². The highest BCUT2D eigenvalue weighted by Crippen LogP contribution is 2.66. The average molecular weight is 555 g/mol. The van der Waals surface area contributed by atoms with Crippen LogP contribution in [-0.4, -0.2) is 70.2 Å². The number of amides is 1. The minimum Gasteiger partial charge on any atom is -0.483 e. The van der Waals surface area contributed by atoms with E-state index in [0.717, 1.165) is 23.2 Å². The molecule has 4 aliphatic rings. The van der Waals surface area contributed by atoms with E-state index in [2.05, 4.69) is 37.2 Å². The minimum atomic E-state index is -1.06. The molecule has 41 heavy (non-hydrogen) atoms. The summed E-state index contributed by atoms with van der Waals surface area (Å²) >= 11 is 0. The number of piperidine rings is 1. The molecule has 1 N–H and O–H groups in total. The topological polar surface area (TPSA) is 79.3 Å². The molecule has 2 aliphatic carbocycles. The Morgan fingerprint density at radius 3 is 2.73 bits per heavy atom. The summed E-state index contributed by atoms with van der Waals surface area (Å²) in [4.78, 5) is 30.1. The van der Waals surface area contributed by atoms with Gasteiger partial charge in [-0.2, -0.15) is 0 Å². The zero-order chi connectivity index (χ0) is 28.9. The second-order valence-corrected chi connectivity index (χ2v) is 12.3. The number of hydrogen-bond acceptors (Lipinski definition) is 6. The van der Waals surface area contributed by atoms with E-state index in [1.165, 1.54) is 6.92 Å². The number of esters is 1. The Balaban J connectivity index is 1.47. The minimum absolute atomic E-state index is 0.105. The van der Waals surface area contributed by atoms with Gasteiger partial charge >= 0.3 is 5.97 Å². The van der Waals surface area contributed by atoms with Crippen molar-refractivity contribution in [2.45, 2.75) is 75.7 Å². The summed E-state index contributed by atoms with van der Waals surface area (Å²) in [5, 5.41) is 12.8. The third kappa shape index (κ3) is 4.27. The molecule has 6 rings (SSSR count). The summed E-state index contributed by atoms with van der Waals surface area (Å²) in [7, 11) is 0. The van der Waals surface area contributed by atoms with Crippen LogP contribution in [0.2, 0.25) is 0 Å². The lowest BCUT2D eigenvalue weighted by Crippen LogP contribution is -2.78. The third-order valence-electron chi connectivity index (χ3n) is 9.45. The summed E-state index contributed by atoms with van der Waals surface area (Å²) in [6, 6.07) is 12.9. The highest BCUT2D eigenvalue weighted by Gasteiger charge is 2.73. The quantitative estimate of drug-likeness (QED) is 0.253. The van der Waals surface area contributed by atoms with E-state index in [0.29, 0.717) is 50.3 Å². The Morgan fingerprint density at radius 2 is 2.02 bits per heavy atom. The van der Waals surface area contributed by atoms with Crippen molar-refractivity contribution in [3.05, 3.63) is 71.8 Å². The van der Waals surface area contributed by atoms with Crippen LogP contribution in [-0.2, 0) is 21.4 Å². The molecule has 1 saturated heterocycles. The number of nitrogens with zero attached hydrogens (tertiary/aromatic N) is 2. The molecule has 1 saturated carbocycles. The second-order valence-electron chi connectivity index (χ2n) is 12.3. The van der Waals surface area contributed by atoms with Crippen LogP contribution in [0.1, 0.15) is 56.7 Å². The molecule has 2 fully saturated rings. The van der Waals surface area contributed by atoms with Crippen LogP contribution in [0.15, 0.2) is 55.1 Å². The maximum Gasteiger partial charge on any atom is 0.308 e. The van der Waals surface area contributed by atoms with Crippen molar-refractivity contribution in [3.63, 3.8) is 0 Å². The molecule has 5 atom stereocenters. The number of rotatable bonds is 6. The van der Waals surface area contributed by atoms with Gasteiger partial charge in [0.15, 0.2) is 11.5 Å². The molecular formula is C34H38N2O5. The number of carbonyl (C=O) groups excluding carboxylic acids is 2. The van der Waals surface area contributed by atoms with Gasteiger partial charge in [0, 0.05) is 43.1 Å². The zero-order valence-electron chi connectivity index (χ0n) is 24.1. The van der Waals surface area contributed by atoms with Crippen LogP contribution < -0.4 is 9.47 Å². The molecule has 7 heteroatoms. The van der Waals surface area contributed by atoms with E-state index in [1.807, 2.05) is 47.4 Å². The summed E-state index contributed by atoms with van der Waals surface area (Å²) in [5.74, 6) is 6.38. The Hall–Kier alpha value is -3.60. The van der Waals surface area contributed by atoms with E-state index in [4.69, 9.17) is 9.47 Å². The average Bonchev–Trinajstić information content (AvgIpc) is 3.29. The van der Waals surface area contributed by atoms with E-state index in [1.54, 1.807) is 6.07 Å². The lowest BCUT2D eigenvalue weighted by Gasteiger charge is -2.64. The van der Waals surface area contributed by atoms with Gasteiger partial charge in [-0.05, 0) is 61.9 Å². The molecule has 2 aromatic rings. The fraction of sp³-hybridized carbons (Fsp3) is 0.471. The maximum atomic E-state index is 13.8. The van der Waals surface area contributed by atoms with Gasteiger partial charge in [0.25, 0.3) is 5.91 Å². The first kappa shape index (κ1) is 27.6. The first-order chi connectivity index (χ1) is 19.7. The predicted molar refractivity (Wildman–Crippen MR) is 156 cm³/mol. The standard InChI is InChI=1S/C34H38N2O5/c1-5-18-35-19-17-33-30-25-12-13-27(40-23(4)37)31(30)41-32(33)26(15-16-34(33,39)28(35)20-25)36(21-22(2)3)29(38)14-11-24-9-7-6-8-10-24/h5-10,12-13,22,26,28,32,39H,1,15-21H2,2-4H3/t26-,28+,32-,33-,34+/m0/s1. The normalized spacial score (nSPS) is 29.0. The Kier molecular flexibility index (Phi) is 6.96.